The fourth-order valence-electron chi connectivity index (χ4n) is 1.30. The van der Waals surface area contributed by atoms with Gasteiger partial charge in [0.1, 0.15) is 5.75 Å². The molecule has 1 rings (SSSR count). The Bertz CT molecular complexity index is 437. The Morgan fingerprint density at radius 3 is 2.44 bits per heavy atom. The highest BCUT2D eigenvalue weighted by Gasteiger charge is 2.35. The summed E-state index contributed by atoms with van der Waals surface area (Å²) >= 11 is 3.06. The fourth-order valence-corrected chi connectivity index (χ4v) is 1.72. The van der Waals surface area contributed by atoms with Crippen molar-refractivity contribution in [3.05, 3.63) is 28.8 Å². The molecule has 0 aliphatic heterocycles. The van der Waals surface area contributed by atoms with Crippen LogP contribution in [0.5, 0.6) is 5.75 Å². The van der Waals surface area contributed by atoms with Gasteiger partial charge < -0.3 is 4.74 Å². The van der Waals surface area contributed by atoms with Crippen molar-refractivity contribution >= 4 is 15.9 Å². The molecule has 1 aromatic rings. The molecule has 0 N–H and O–H groups in total. The summed E-state index contributed by atoms with van der Waals surface area (Å²) < 4.78 is 42.7. The minimum Gasteiger partial charge on any atom is -0.496 e. The molecule has 0 amide bonds. The van der Waals surface area contributed by atoms with E-state index in [1.165, 1.54) is 13.2 Å². The molecule has 2 nitrogen and oxygen atoms in total. The van der Waals surface area contributed by atoms with Crippen LogP contribution in [0.15, 0.2) is 12.1 Å². The molecular weight excluding hydrogens is 287 g/mol. The number of nitriles is 1. The van der Waals surface area contributed by atoms with E-state index in [1.54, 1.807) is 6.07 Å². The number of benzene rings is 1. The normalized spacial score (nSPS) is 11.0. The first-order valence-corrected chi connectivity index (χ1v) is 5.30. The fraction of sp³-hybridized carbons (Fsp3) is 0.300. The Balaban J connectivity index is 3.51. The van der Waals surface area contributed by atoms with Crippen LogP contribution in [0.4, 0.5) is 13.2 Å². The molecule has 0 atom stereocenters. The van der Waals surface area contributed by atoms with Crippen molar-refractivity contribution in [3.63, 3.8) is 0 Å². The first-order chi connectivity index (χ1) is 7.43. The van der Waals surface area contributed by atoms with Gasteiger partial charge in [-0.05, 0) is 12.1 Å². The highest BCUT2D eigenvalue weighted by Crippen LogP contribution is 2.39. The molecular formula is C10H7BrF3NO. The quantitative estimate of drug-likeness (QED) is 0.782. The van der Waals surface area contributed by atoms with E-state index in [2.05, 4.69) is 15.9 Å². The van der Waals surface area contributed by atoms with Crippen molar-refractivity contribution in [2.24, 2.45) is 0 Å². The van der Waals surface area contributed by atoms with Crippen LogP contribution in [0, 0.1) is 11.3 Å². The number of nitrogens with zero attached hydrogens (tertiary/aromatic N) is 1. The van der Waals surface area contributed by atoms with E-state index < -0.39 is 11.7 Å². The first-order valence-electron chi connectivity index (χ1n) is 4.18. The molecule has 0 spiro atoms. The predicted octanol–water partition coefficient (Wildman–Crippen LogP) is 3.48. The number of ether oxygens (including phenoxy) is 1. The van der Waals surface area contributed by atoms with E-state index >= 15 is 0 Å². The topological polar surface area (TPSA) is 33.0 Å². The molecule has 6 heteroatoms. The molecule has 0 saturated heterocycles. The third-order valence-corrected chi connectivity index (χ3v) is 2.55. The average Bonchev–Trinajstić information content (AvgIpc) is 2.25. The van der Waals surface area contributed by atoms with Gasteiger partial charge in [0.15, 0.2) is 0 Å². The Hall–Kier alpha value is -1.22. The Morgan fingerprint density at radius 2 is 2.06 bits per heavy atom. The molecule has 0 saturated carbocycles. The second-order valence-corrected chi connectivity index (χ2v) is 3.52. The summed E-state index contributed by atoms with van der Waals surface area (Å²) in [4.78, 5) is 0. The molecule has 0 bridgehead atoms. The predicted molar refractivity (Wildman–Crippen MR) is 55.3 cm³/mol. The monoisotopic (exact) mass is 293 g/mol. The van der Waals surface area contributed by atoms with Crippen molar-refractivity contribution in [2.45, 2.75) is 11.5 Å². The van der Waals surface area contributed by atoms with E-state index in [0.717, 1.165) is 6.07 Å². The van der Waals surface area contributed by atoms with Crippen LogP contribution >= 0.6 is 15.9 Å². The second-order valence-electron chi connectivity index (χ2n) is 2.96. The van der Waals surface area contributed by atoms with E-state index in [4.69, 9.17) is 10.00 Å². The number of alkyl halides is 4. The van der Waals surface area contributed by atoms with Gasteiger partial charge in [-0.3, -0.25) is 0 Å². The lowest BCUT2D eigenvalue weighted by Crippen LogP contribution is -2.09. The highest BCUT2D eigenvalue weighted by atomic mass is 79.9. The van der Waals surface area contributed by atoms with E-state index in [1.807, 2.05) is 0 Å². The summed E-state index contributed by atoms with van der Waals surface area (Å²) in [7, 11) is 1.17. The minimum atomic E-state index is -4.53. The number of rotatable bonds is 2. The largest absolute Gasteiger partial charge is 0.496 e. The van der Waals surface area contributed by atoms with Crippen molar-refractivity contribution in [2.75, 3.05) is 7.11 Å². The van der Waals surface area contributed by atoms with Gasteiger partial charge in [0.05, 0.1) is 24.3 Å². The van der Waals surface area contributed by atoms with Crippen LogP contribution in [-0.4, -0.2) is 7.11 Å². The zero-order valence-electron chi connectivity index (χ0n) is 8.23. The van der Waals surface area contributed by atoms with Gasteiger partial charge in [-0.1, -0.05) is 15.9 Å². The molecule has 0 fully saturated rings. The molecule has 16 heavy (non-hydrogen) atoms. The number of halogens is 4. The summed E-state index contributed by atoms with van der Waals surface area (Å²) in [5.41, 5.74) is -0.667. The van der Waals surface area contributed by atoms with Crippen LogP contribution < -0.4 is 4.74 Å². The lowest BCUT2D eigenvalue weighted by Gasteiger charge is -2.15. The Kier molecular flexibility index (Phi) is 3.81. The van der Waals surface area contributed by atoms with Crippen molar-refractivity contribution < 1.29 is 17.9 Å². The van der Waals surface area contributed by atoms with Crippen LogP contribution in [0.1, 0.15) is 16.7 Å². The van der Waals surface area contributed by atoms with Gasteiger partial charge in [-0.25, -0.2) is 0 Å². The molecule has 1 aromatic carbocycles. The third-order valence-electron chi connectivity index (χ3n) is 1.95. The van der Waals surface area contributed by atoms with Crippen LogP contribution in [0.25, 0.3) is 0 Å². The standard InChI is InChI=1S/C10H7BrF3NO/c1-16-9-7(4-11)2-6(5-15)3-8(9)10(12,13)14/h2-3H,4H2,1H3. The zero-order valence-corrected chi connectivity index (χ0v) is 9.82. The molecule has 0 aromatic heterocycles. The van der Waals surface area contributed by atoms with Gasteiger partial charge in [-0.2, -0.15) is 18.4 Å². The van der Waals surface area contributed by atoms with Gasteiger partial charge in [0.25, 0.3) is 0 Å². The summed E-state index contributed by atoms with van der Waals surface area (Å²) in [6, 6.07) is 3.84. The van der Waals surface area contributed by atoms with Gasteiger partial charge >= 0.3 is 6.18 Å². The Morgan fingerprint density at radius 1 is 1.44 bits per heavy atom. The van der Waals surface area contributed by atoms with Gasteiger partial charge in [0.2, 0.25) is 0 Å². The van der Waals surface area contributed by atoms with E-state index in [9.17, 15) is 13.2 Å². The molecule has 0 heterocycles. The number of methoxy groups -OCH3 is 1. The van der Waals surface area contributed by atoms with Gasteiger partial charge in [-0.15, -0.1) is 0 Å². The highest BCUT2D eigenvalue weighted by molar-refractivity contribution is 9.08. The average molecular weight is 294 g/mol. The van der Waals surface area contributed by atoms with Crippen molar-refractivity contribution in [3.8, 4) is 11.8 Å². The van der Waals surface area contributed by atoms with E-state index in [0.29, 0.717) is 5.56 Å². The maximum Gasteiger partial charge on any atom is 0.420 e. The minimum absolute atomic E-state index is 0.0393. The lowest BCUT2D eigenvalue weighted by atomic mass is 10.0. The molecule has 0 unspecified atom stereocenters. The summed E-state index contributed by atoms with van der Waals surface area (Å²) in [5.74, 6) is -0.247. The van der Waals surface area contributed by atoms with Crippen LogP contribution in [0.2, 0.25) is 0 Å². The van der Waals surface area contributed by atoms with Crippen molar-refractivity contribution in [1.82, 2.24) is 0 Å². The maximum absolute atomic E-state index is 12.7. The van der Waals surface area contributed by atoms with Crippen molar-refractivity contribution in [1.29, 1.82) is 5.26 Å². The zero-order chi connectivity index (χ0) is 12.3. The van der Waals surface area contributed by atoms with Crippen LogP contribution in [-0.2, 0) is 11.5 Å². The van der Waals surface area contributed by atoms with Gasteiger partial charge in [0, 0.05) is 10.9 Å². The van der Waals surface area contributed by atoms with E-state index in [-0.39, 0.29) is 16.6 Å². The second kappa shape index (κ2) is 4.74. The molecule has 0 radical (unpaired) electrons. The third kappa shape index (κ3) is 2.47. The first kappa shape index (κ1) is 12.8. The smallest absolute Gasteiger partial charge is 0.420 e. The number of hydrogen-bond donors (Lipinski definition) is 0. The molecule has 0 aliphatic rings. The summed E-state index contributed by atoms with van der Waals surface area (Å²) in [6.45, 7) is 0. The lowest BCUT2D eigenvalue weighted by molar-refractivity contribution is -0.138. The van der Waals surface area contributed by atoms with Crippen LogP contribution in [0.3, 0.4) is 0 Å². The Labute approximate surface area is 98.8 Å². The summed E-state index contributed by atoms with van der Waals surface area (Å²) in [5, 5.41) is 8.83. The maximum atomic E-state index is 12.7. The SMILES string of the molecule is COc1c(CBr)cc(C#N)cc1C(F)(F)F. The molecule has 86 valence electrons. The number of hydrogen-bond acceptors (Lipinski definition) is 2. The summed E-state index contributed by atoms with van der Waals surface area (Å²) in [6.07, 6.45) is -4.53. The molecule has 0 aliphatic carbocycles.